The van der Waals surface area contributed by atoms with Gasteiger partial charge in [-0.15, -0.1) is 13.2 Å². The summed E-state index contributed by atoms with van der Waals surface area (Å²) in [7, 11) is -3.47. The number of nitrogens with zero attached hydrogens (tertiary/aromatic N) is 2. The molecule has 0 bridgehead atoms. The Morgan fingerprint density at radius 2 is 1.58 bits per heavy atom. The lowest BCUT2D eigenvalue weighted by Crippen LogP contribution is -2.50. The van der Waals surface area contributed by atoms with E-state index in [9.17, 15) is 26.4 Å². The van der Waals surface area contributed by atoms with Gasteiger partial charge in [-0.2, -0.15) is 4.31 Å². The Morgan fingerprint density at radius 1 is 0.968 bits per heavy atom. The number of ether oxygens (including phenoxy) is 1. The molecular weight excluding hydrogens is 433 g/mol. The smallest absolute Gasteiger partial charge is 0.406 e. The molecule has 1 amide bonds. The lowest BCUT2D eigenvalue weighted by atomic mass is 10.2. The highest BCUT2D eigenvalue weighted by atomic mass is 32.2. The second-order valence-corrected chi connectivity index (χ2v) is 8.89. The van der Waals surface area contributed by atoms with Crippen molar-refractivity contribution in [1.29, 1.82) is 0 Å². The van der Waals surface area contributed by atoms with E-state index in [1.807, 2.05) is 6.07 Å². The van der Waals surface area contributed by atoms with Gasteiger partial charge in [0.15, 0.2) is 0 Å². The molecular formula is C21H21F3N2O4S. The van der Waals surface area contributed by atoms with Crippen molar-refractivity contribution >= 4 is 22.0 Å². The molecule has 6 nitrogen and oxygen atoms in total. The maximum atomic E-state index is 12.6. The van der Waals surface area contributed by atoms with E-state index >= 15 is 0 Å². The number of alkyl halides is 3. The first-order chi connectivity index (χ1) is 14.6. The number of amides is 1. The maximum absolute atomic E-state index is 12.6. The Bertz CT molecular complexity index is 1010. The van der Waals surface area contributed by atoms with E-state index in [1.54, 1.807) is 24.3 Å². The van der Waals surface area contributed by atoms with Crippen LogP contribution in [0, 0.1) is 0 Å². The molecule has 1 fully saturated rings. The van der Waals surface area contributed by atoms with E-state index in [0.717, 1.165) is 12.1 Å². The lowest BCUT2D eigenvalue weighted by Gasteiger charge is -2.33. The van der Waals surface area contributed by atoms with Crippen LogP contribution in [0.4, 0.5) is 13.2 Å². The number of halogens is 3. The molecule has 0 aromatic heterocycles. The average molecular weight is 454 g/mol. The van der Waals surface area contributed by atoms with E-state index in [2.05, 4.69) is 4.74 Å². The van der Waals surface area contributed by atoms with Gasteiger partial charge in [0.2, 0.25) is 15.9 Å². The fourth-order valence-electron chi connectivity index (χ4n) is 3.12. The normalized spacial score (nSPS) is 15.9. The highest BCUT2D eigenvalue weighted by Crippen LogP contribution is 2.23. The minimum atomic E-state index is -4.76. The maximum Gasteiger partial charge on any atom is 0.573 e. The summed E-state index contributed by atoms with van der Waals surface area (Å²) >= 11 is 0. The predicted octanol–water partition coefficient (Wildman–Crippen LogP) is 3.27. The SMILES string of the molecule is O=C(/C=C/c1ccc(OC(F)(F)F)cc1)N1CCN(S(=O)(=O)Cc2ccccc2)CC1. The molecule has 10 heteroatoms. The molecule has 1 aliphatic rings. The Hall–Kier alpha value is -2.85. The van der Waals surface area contributed by atoms with Crippen molar-refractivity contribution < 1.29 is 31.1 Å². The summed E-state index contributed by atoms with van der Waals surface area (Å²) in [5.41, 5.74) is 1.24. The van der Waals surface area contributed by atoms with Crippen molar-refractivity contribution in [3.8, 4) is 5.75 Å². The molecule has 0 unspecified atom stereocenters. The molecule has 0 atom stereocenters. The molecule has 3 rings (SSSR count). The standard InChI is InChI=1S/C21H21F3N2O4S/c22-21(23,24)30-19-9-6-17(7-10-19)8-11-20(27)25-12-14-26(15-13-25)31(28,29)16-18-4-2-1-3-5-18/h1-11H,12-16H2/b11-8+. The van der Waals surface area contributed by atoms with Gasteiger partial charge in [-0.3, -0.25) is 4.79 Å². The number of carbonyl (C=O) groups is 1. The minimum Gasteiger partial charge on any atom is -0.406 e. The lowest BCUT2D eigenvalue weighted by molar-refractivity contribution is -0.274. The monoisotopic (exact) mass is 454 g/mol. The molecule has 1 saturated heterocycles. The summed E-state index contributed by atoms with van der Waals surface area (Å²) in [6.07, 6.45) is -1.96. The fraction of sp³-hybridized carbons (Fsp3) is 0.286. The van der Waals surface area contributed by atoms with Crippen LogP contribution in [0.5, 0.6) is 5.75 Å². The second kappa shape index (κ2) is 9.52. The summed E-state index contributed by atoms with van der Waals surface area (Å²) in [5.74, 6) is -0.727. The van der Waals surface area contributed by atoms with E-state index in [1.165, 1.54) is 33.5 Å². The van der Waals surface area contributed by atoms with E-state index in [0.29, 0.717) is 11.1 Å². The molecule has 0 aliphatic carbocycles. The van der Waals surface area contributed by atoms with Gasteiger partial charge in [-0.05, 0) is 29.3 Å². The molecule has 0 saturated carbocycles. The van der Waals surface area contributed by atoms with Crippen LogP contribution in [-0.2, 0) is 20.6 Å². The number of hydrogen-bond acceptors (Lipinski definition) is 4. The molecule has 2 aromatic carbocycles. The summed E-state index contributed by atoms with van der Waals surface area (Å²) in [6.45, 7) is 0.932. The number of carbonyl (C=O) groups excluding carboxylic acids is 1. The molecule has 166 valence electrons. The van der Waals surface area contributed by atoms with Gasteiger partial charge >= 0.3 is 6.36 Å². The van der Waals surface area contributed by atoms with Crippen molar-refractivity contribution in [2.75, 3.05) is 26.2 Å². The van der Waals surface area contributed by atoms with Crippen LogP contribution in [0.2, 0.25) is 0 Å². The van der Waals surface area contributed by atoms with Gasteiger partial charge in [0.1, 0.15) is 5.75 Å². The van der Waals surface area contributed by atoms with Crippen LogP contribution >= 0.6 is 0 Å². The molecule has 1 heterocycles. The van der Waals surface area contributed by atoms with Gasteiger partial charge < -0.3 is 9.64 Å². The first-order valence-corrected chi connectivity index (χ1v) is 11.1. The quantitative estimate of drug-likeness (QED) is 0.629. The fourth-order valence-corrected chi connectivity index (χ4v) is 4.63. The van der Waals surface area contributed by atoms with Crippen LogP contribution in [0.1, 0.15) is 11.1 Å². The van der Waals surface area contributed by atoms with E-state index in [-0.39, 0.29) is 43.6 Å². The summed E-state index contributed by atoms with van der Waals surface area (Å²) in [4.78, 5) is 13.9. The first kappa shape index (κ1) is 22.8. The molecule has 0 radical (unpaired) electrons. The Kier molecular flexibility index (Phi) is 7.01. The summed E-state index contributed by atoms with van der Waals surface area (Å²) in [5, 5.41) is 0. The van der Waals surface area contributed by atoms with Crippen molar-refractivity contribution in [1.82, 2.24) is 9.21 Å². The third-order valence-corrected chi connectivity index (χ3v) is 6.52. The summed E-state index contributed by atoms with van der Waals surface area (Å²) in [6, 6.07) is 14.0. The molecule has 0 spiro atoms. The summed E-state index contributed by atoms with van der Waals surface area (Å²) < 4.78 is 66.9. The van der Waals surface area contributed by atoms with Crippen LogP contribution in [-0.4, -0.2) is 56.1 Å². The number of benzene rings is 2. The zero-order valence-corrected chi connectivity index (χ0v) is 17.3. The van der Waals surface area contributed by atoms with Crippen molar-refractivity contribution in [2.45, 2.75) is 12.1 Å². The van der Waals surface area contributed by atoms with Crippen LogP contribution < -0.4 is 4.74 Å². The zero-order valence-electron chi connectivity index (χ0n) is 16.5. The first-order valence-electron chi connectivity index (χ1n) is 9.47. The van der Waals surface area contributed by atoms with Crippen molar-refractivity contribution in [2.24, 2.45) is 0 Å². The molecule has 1 aliphatic heterocycles. The van der Waals surface area contributed by atoms with Crippen LogP contribution in [0.15, 0.2) is 60.7 Å². The van der Waals surface area contributed by atoms with Crippen molar-refractivity contribution in [3.63, 3.8) is 0 Å². The minimum absolute atomic E-state index is 0.0876. The van der Waals surface area contributed by atoms with Crippen LogP contribution in [0.3, 0.4) is 0 Å². The Morgan fingerprint density at radius 3 is 2.16 bits per heavy atom. The van der Waals surface area contributed by atoms with Crippen LogP contribution in [0.25, 0.3) is 6.08 Å². The van der Waals surface area contributed by atoms with Gasteiger partial charge in [-0.1, -0.05) is 42.5 Å². The zero-order chi connectivity index (χ0) is 22.5. The third-order valence-electron chi connectivity index (χ3n) is 4.67. The van der Waals surface area contributed by atoms with Gasteiger partial charge in [0.05, 0.1) is 5.75 Å². The molecule has 31 heavy (non-hydrogen) atoms. The number of sulfonamides is 1. The van der Waals surface area contributed by atoms with E-state index in [4.69, 9.17) is 0 Å². The second-order valence-electron chi connectivity index (χ2n) is 6.92. The Labute approximate surface area is 178 Å². The highest BCUT2D eigenvalue weighted by molar-refractivity contribution is 7.88. The van der Waals surface area contributed by atoms with Gasteiger partial charge in [0, 0.05) is 32.3 Å². The van der Waals surface area contributed by atoms with Crippen molar-refractivity contribution in [3.05, 3.63) is 71.8 Å². The van der Waals surface area contributed by atoms with Gasteiger partial charge in [-0.25, -0.2) is 8.42 Å². The third kappa shape index (κ3) is 6.83. The van der Waals surface area contributed by atoms with E-state index < -0.39 is 16.4 Å². The number of rotatable bonds is 6. The number of piperazine rings is 1. The predicted molar refractivity (Wildman–Crippen MR) is 109 cm³/mol. The topological polar surface area (TPSA) is 66.9 Å². The Balaban J connectivity index is 1.52. The van der Waals surface area contributed by atoms with Gasteiger partial charge in [0.25, 0.3) is 0 Å². The average Bonchev–Trinajstić information content (AvgIpc) is 2.72. The number of hydrogen-bond donors (Lipinski definition) is 0. The largest absolute Gasteiger partial charge is 0.573 e. The molecule has 2 aromatic rings. The molecule has 0 N–H and O–H groups in total. The highest BCUT2D eigenvalue weighted by Gasteiger charge is 2.31.